The maximum atomic E-state index is 11.4. The minimum absolute atomic E-state index is 0.0891. The first-order valence-electron chi connectivity index (χ1n) is 5.64. The Balaban J connectivity index is 2.39. The quantitative estimate of drug-likeness (QED) is 0.635. The summed E-state index contributed by atoms with van der Waals surface area (Å²) in [5.41, 5.74) is 0.824. The van der Waals surface area contributed by atoms with E-state index < -0.39 is 23.9 Å². The predicted octanol–water partition coefficient (Wildman–Crippen LogP) is 1.04. The number of carbonyl (C=O) groups excluding carboxylic acids is 3. The Morgan fingerprint density at radius 3 is 2.42 bits per heavy atom. The Morgan fingerprint density at radius 2 is 1.84 bits per heavy atom. The van der Waals surface area contributed by atoms with Crippen molar-refractivity contribution in [3.63, 3.8) is 0 Å². The van der Waals surface area contributed by atoms with Crippen LogP contribution in [0.1, 0.15) is 12.5 Å². The highest BCUT2D eigenvalue weighted by Gasteiger charge is 2.23. The summed E-state index contributed by atoms with van der Waals surface area (Å²) in [6.45, 7) is 1.47. The summed E-state index contributed by atoms with van der Waals surface area (Å²) < 4.78 is 9.17. The summed E-state index contributed by atoms with van der Waals surface area (Å²) in [5, 5.41) is 2.25. The van der Waals surface area contributed by atoms with E-state index in [1.165, 1.54) is 6.92 Å². The second-order valence-corrected chi connectivity index (χ2v) is 3.78. The van der Waals surface area contributed by atoms with Gasteiger partial charge in [0.15, 0.2) is 0 Å². The van der Waals surface area contributed by atoms with Gasteiger partial charge in [-0.1, -0.05) is 30.3 Å². The number of benzene rings is 1. The maximum Gasteiger partial charge on any atom is 0.408 e. The van der Waals surface area contributed by atoms with Crippen molar-refractivity contribution >= 4 is 17.8 Å². The summed E-state index contributed by atoms with van der Waals surface area (Å²) in [7, 11) is 1.10. The molecule has 0 bridgehead atoms. The van der Waals surface area contributed by atoms with E-state index >= 15 is 0 Å². The highest BCUT2D eigenvalue weighted by Crippen LogP contribution is 2.00. The minimum Gasteiger partial charge on any atom is -0.463 e. The molecule has 0 radical (unpaired) electrons. The molecule has 0 aliphatic heterocycles. The van der Waals surface area contributed by atoms with Crippen LogP contribution in [0.2, 0.25) is 0 Å². The topological polar surface area (TPSA) is 81.7 Å². The fourth-order valence-electron chi connectivity index (χ4n) is 1.28. The van der Waals surface area contributed by atoms with Gasteiger partial charge in [-0.25, -0.2) is 9.59 Å². The molecule has 1 rings (SSSR count). The number of rotatable bonds is 5. The maximum absolute atomic E-state index is 11.4. The molecule has 0 fully saturated rings. The Kier molecular flexibility index (Phi) is 5.53. The molecule has 0 spiro atoms. The average Bonchev–Trinajstić information content (AvgIpc) is 2.44. The number of amides is 1. The third kappa shape index (κ3) is 4.79. The van der Waals surface area contributed by atoms with Gasteiger partial charge in [0, 0.05) is 0 Å². The molecule has 0 heterocycles. The van der Waals surface area contributed by atoms with Crippen molar-refractivity contribution in [2.45, 2.75) is 19.6 Å². The van der Waals surface area contributed by atoms with Crippen LogP contribution in [0.5, 0.6) is 0 Å². The van der Waals surface area contributed by atoms with Crippen molar-refractivity contribution < 1.29 is 23.9 Å². The fourth-order valence-corrected chi connectivity index (χ4v) is 1.28. The summed E-state index contributed by atoms with van der Waals surface area (Å²) in [6.07, 6.45) is -0.770. The molecule has 1 N–H and O–H groups in total. The number of hydrogen-bond acceptors (Lipinski definition) is 5. The fraction of sp³-hybridized carbons (Fsp3) is 0.308. The van der Waals surface area contributed by atoms with Gasteiger partial charge in [0.2, 0.25) is 0 Å². The van der Waals surface area contributed by atoms with Gasteiger partial charge in [-0.15, -0.1) is 0 Å². The molecule has 19 heavy (non-hydrogen) atoms. The molecule has 1 atom stereocenters. The number of Topliss-reactive ketones (excluding diaryl/α,β-unsaturated/α-hetero) is 1. The summed E-state index contributed by atoms with van der Waals surface area (Å²) in [5.74, 6) is -1.84. The minimum atomic E-state index is -1.00. The van der Waals surface area contributed by atoms with E-state index in [1.807, 2.05) is 18.2 Å². The first-order valence-corrected chi connectivity index (χ1v) is 5.64. The van der Waals surface area contributed by atoms with E-state index in [0.717, 1.165) is 12.7 Å². The molecule has 6 heteroatoms. The second-order valence-electron chi connectivity index (χ2n) is 3.78. The number of esters is 1. The largest absolute Gasteiger partial charge is 0.463 e. The van der Waals surface area contributed by atoms with Crippen LogP contribution in [0.15, 0.2) is 30.3 Å². The monoisotopic (exact) mass is 265 g/mol. The lowest BCUT2D eigenvalue weighted by Crippen LogP contribution is -2.42. The molecule has 1 amide bonds. The van der Waals surface area contributed by atoms with Crippen LogP contribution in [-0.4, -0.2) is 31.0 Å². The van der Waals surface area contributed by atoms with Gasteiger partial charge < -0.3 is 14.8 Å². The molecular weight excluding hydrogens is 250 g/mol. The average molecular weight is 265 g/mol. The van der Waals surface area contributed by atoms with Crippen LogP contribution in [0.25, 0.3) is 0 Å². The highest BCUT2D eigenvalue weighted by molar-refractivity contribution is 6.35. The number of hydrogen-bond donors (Lipinski definition) is 1. The molecule has 6 nitrogen and oxygen atoms in total. The van der Waals surface area contributed by atoms with Crippen LogP contribution in [-0.2, 0) is 25.7 Å². The van der Waals surface area contributed by atoms with Crippen LogP contribution >= 0.6 is 0 Å². The summed E-state index contributed by atoms with van der Waals surface area (Å²) in [4.78, 5) is 33.7. The van der Waals surface area contributed by atoms with Crippen LogP contribution in [0.3, 0.4) is 0 Å². The zero-order valence-corrected chi connectivity index (χ0v) is 10.7. The predicted molar refractivity (Wildman–Crippen MR) is 66.2 cm³/mol. The van der Waals surface area contributed by atoms with E-state index in [1.54, 1.807) is 12.1 Å². The first-order chi connectivity index (χ1) is 9.04. The Bertz CT molecular complexity index is 457. The summed E-state index contributed by atoms with van der Waals surface area (Å²) in [6, 6.07) is 8.10. The van der Waals surface area contributed by atoms with Crippen molar-refractivity contribution in [3.8, 4) is 0 Å². The SMILES string of the molecule is COC(=O)C(=O)[C@@H](C)NC(=O)OCc1ccccc1. The van der Waals surface area contributed by atoms with Gasteiger partial charge >= 0.3 is 12.1 Å². The smallest absolute Gasteiger partial charge is 0.408 e. The number of nitrogens with one attached hydrogen (secondary N) is 1. The lowest BCUT2D eigenvalue weighted by atomic mass is 10.2. The first kappa shape index (κ1) is 14.7. The van der Waals surface area contributed by atoms with Gasteiger partial charge in [0.1, 0.15) is 6.61 Å². The zero-order chi connectivity index (χ0) is 14.3. The van der Waals surface area contributed by atoms with Crippen molar-refractivity contribution in [1.29, 1.82) is 0 Å². The van der Waals surface area contributed by atoms with Gasteiger partial charge in [-0.3, -0.25) is 4.79 Å². The summed E-state index contributed by atoms with van der Waals surface area (Å²) >= 11 is 0. The van der Waals surface area contributed by atoms with Crippen LogP contribution < -0.4 is 5.32 Å². The van der Waals surface area contributed by atoms with E-state index in [-0.39, 0.29) is 6.61 Å². The molecular formula is C13H15NO5. The molecule has 1 aromatic carbocycles. The Hall–Kier alpha value is -2.37. The van der Waals surface area contributed by atoms with Crippen molar-refractivity contribution in [1.82, 2.24) is 5.32 Å². The van der Waals surface area contributed by atoms with Crippen molar-refractivity contribution in [3.05, 3.63) is 35.9 Å². The lowest BCUT2D eigenvalue weighted by molar-refractivity contribution is -0.152. The number of ketones is 1. The molecule has 0 aliphatic carbocycles. The van der Waals surface area contributed by atoms with Gasteiger partial charge in [-0.05, 0) is 12.5 Å². The van der Waals surface area contributed by atoms with Gasteiger partial charge in [0.05, 0.1) is 13.2 Å². The Morgan fingerprint density at radius 1 is 1.21 bits per heavy atom. The molecule has 0 unspecified atom stereocenters. The molecule has 0 saturated heterocycles. The van der Waals surface area contributed by atoms with Crippen LogP contribution in [0.4, 0.5) is 4.79 Å². The van der Waals surface area contributed by atoms with E-state index in [2.05, 4.69) is 10.1 Å². The second kappa shape index (κ2) is 7.15. The molecule has 0 aromatic heterocycles. The number of methoxy groups -OCH3 is 1. The standard InChI is InChI=1S/C13H15NO5/c1-9(11(15)12(16)18-2)14-13(17)19-8-10-6-4-3-5-7-10/h3-7,9H,8H2,1-2H3,(H,14,17)/t9-/m1/s1. The molecule has 0 aliphatic rings. The number of ether oxygens (including phenoxy) is 2. The number of carbonyl (C=O) groups is 3. The van der Waals surface area contributed by atoms with Gasteiger partial charge in [-0.2, -0.15) is 0 Å². The number of alkyl carbamates (subject to hydrolysis) is 1. The van der Waals surface area contributed by atoms with Crippen molar-refractivity contribution in [2.75, 3.05) is 7.11 Å². The van der Waals surface area contributed by atoms with E-state index in [9.17, 15) is 14.4 Å². The van der Waals surface area contributed by atoms with E-state index in [0.29, 0.717) is 0 Å². The molecule has 1 aromatic rings. The molecule has 102 valence electrons. The third-order valence-corrected chi connectivity index (χ3v) is 2.33. The van der Waals surface area contributed by atoms with Crippen LogP contribution in [0, 0.1) is 0 Å². The van der Waals surface area contributed by atoms with Gasteiger partial charge in [0.25, 0.3) is 5.78 Å². The van der Waals surface area contributed by atoms with E-state index in [4.69, 9.17) is 4.74 Å². The normalized spacial score (nSPS) is 11.3. The van der Waals surface area contributed by atoms with Crippen molar-refractivity contribution in [2.24, 2.45) is 0 Å². The third-order valence-electron chi connectivity index (χ3n) is 2.33. The highest BCUT2D eigenvalue weighted by atomic mass is 16.5. The lowest BCUT2D eigenvalue weighted by Gasteiger charge is -2.11. The zero-order valence-electron chi connectivity index (χ0n) is 10.7. The molecule has 0 saturated carbocycles. The Labute approximate surface area is 110 Å².